The molecule has 2 aromatic carbocycles. The Bertz CT molecular complexity index is 453. The predicted molar refractivity (Wildman–Crippen MR) is 87.0 cm³/mol. The second-order valence-electron chi connectivity index (χ2n) is 5.05. The maximum Gasteiger partial charge on any atom is 0.0175 e. The molecule has 0 aliphatic rings. The normalized spacial score (nSPS) is 10.5. The van der Waals surface area contributed by atoms with Crippen LogP contribution in [0.5, 0.6) is 0 Å². The molecule has 96 valence electrons. The van der Waals surface area contributed by atoms with Crippen molar-refractivity contribution in [2.45, 2.75) is 26.2 Å². The summed E-state index contributed by atoms with van der Waals surface area (Å²) in [6.45, 7) is 6.66. The topological polar surface area (TPSA) is 0 Å². The number of hydrogen-bond acceptors (Lipinski definition) is 0. The minimum atomic E-state index is 0.265. The molecular weight excluding hydrogens is 352 g/mol. The van der Waals surface area contributed by atoms with Crippen molar-refractivity contribution in [2.75, 3.05) is 0 Å². The van der Waals surface area contributed by atoms with Crippen molar-refractivity contribution in [3.05, 3.63) is 69.1 Å². The Morgan fingerprint density at radius 2 is 1.11 bits per heavy atom. The molecule has 0 aromatic heterocycles. The molecule has 0 radical (unpaired) electrons. The van der Waals surface area contributed by atoms with Crippen molar-refractivity contribution in [1.82, 2.24) is 0 Å². The van der Waals surface area contributed by atoms with Gasteiger partial charge in [0.1, 0.15) is 0 Å². The number of hydrogen-bond donors (Lipinski definition) is 0. The van der Waals surface area contributed by atoms with Crippen molar-refractivity contribution in [2.24, 2.45) is 0 Å². The maximum absolute atomic E-state index is 3.41. The zero-order chi connectivity index (χ0) is 13.6. The SMILES string of the molecule is Brc1ccccc1.CC(C)(C)c1ccc(Br)cc1. The predicted octanol–water partition coefficient (Wildman–Crippen LogP) is 6.20. The highest BCUT2D eigenvalue weighted by Crippen LogP contribution is 2.23. The first-order chi connectivity index (χ1) is 8.39. The molecule has 0 amide bonds. The van der Waals surface area contributed by atoms with Gasteiger partial charge in [0.05, 0.1) is 0 Å². The molecule has 0 saturated carbocycles. The molecule has 2 heteroatoms. The maximum atomic E-state index is 3.41. The van der Waals surface area contributed by atoms with Crippen LogP contribution in [0.25, 0.3) is 0 Å². The van der Waals surface area contributed by atoms with Gasteiger partial charge in [-0.15, -0.1) is 0 Å². The molecule has 2 aromatic rings. The number of benzene rings is 2. The lowest BCUT2D eigenvalue weighted by atomic mass is 9.87. The van der Waals surface area contributed by atoms with E-state index in [0.717, 1.165) is 8.95 Å². The average Bonchev–Trinajstić information content (AvgIpc) is 2.30. The molecule has 0 unspecified atom stereocenters. The Hall–Kier alpha value is -0.600. The minimum absolute atomic E-state index is 0.265. The van der Waals surface area contributed by atoms with Gasteiger partial charge in [-0.05, 0) is 35.2 Å². The van der Waals surface area contributed by atoms with Crippen LogP contribution in [0.1, 0.15) is 26.3 Å². The molecule has 0 atom stereocenters. The van der Waals surface area contributed by atoms with E-state index >= 15 is 0 Å². The molecule has 0 heterocycles. The van der Waals surface area contributed by atoms with Crippen LogP contribution in [0, 0.1) is 0 Å². The van der Waals surface area contributed by atoms with Gasteiger partial charge >= 0.3 is 0 Å². The summed E-state index contributed by atoms with van der Waals surface area (Å²) in [5, 5.41) is 0. The van der Waals surface area contributed by atoms with Gasteiger partial charge in [-0.3, -0.25) is 0 Å². The summed E-state index contributed by atoms with van der Waals surface area (Å²) < 4.78 is 2.28. The van der Waals surface area contributed by atoms with Crippen LogP contribution in [0.3, 0.4) is 0 Å². The lowest BCUT2D eigenvalue weighted by Crippen LogP contribution is -2.10. The molecule has 0 aliphatic heterocycles. The fourth-order valence-electron chi connectivity index (χ4n) is 1.36. The van der Waals surface area contributed by atoms with E-state index in [4.69, 9.17) is 0 Å². The van der Waals surface area contributed by atoms with Gasteiger partial charge in [0.15, 0.2) is 0 Å². The number of halogens is 2. The fourth-order valence-corrected chi connectivity index (χ4v) is 1.93. The summed E-state index contributed by atoms with van der Waals surface area (Å²) in [6.07, 6.45) is 0. The Kier molecular flexibility index (Phi) is 6.10. The summed E-state index contributed by atoms with van der Waals surface area (Å²) in [5.41, 5.74) is 1.64. The first-order valence-corrected chi connectivity index (χ1v) is 7.45. The standard InChI is InChI=1S/C10H13Br.C6H5Br/c1-10(2,3)8-4-6-9(11)7-5-8;7-6-4-2-1-3-5-6/h4-7H,1-3H3;1-5H. The van der Waals surface area contributed by atoms with Crippen LogP contribution in [-0.4, -0.2) is 0 Å². The summed E-state index contributed by atoms with van der Waals surface area (Å²) in [6, 6.07) is 18.5. The molecule has 2 rings (SSSR count). The van der Waals surface area contributed by atoms with E-state index in [1.807, 2.05) is 30.3 Å². The van der Waals surface area contributed by atoms with Crippen molar-refractivity contribution in [3.8, 4) is 0 Å². The smallest absolute Gasteiger partial charge is 0.0175 e. The van der Waals surface area contributed by atoms with Gasteiger partial charge in [0.2, 0.25) is 0 Å². The zero-order valence-corrected chi connectivity index (χ0v) is 14.1. The fraction of sp³-hybridized carbons (Fsp3) is 0.250. The third kappa shape index (κ3) is 5.83. The summed E-state index contributed by atoms with van der Waals surface area (Å²) in [4.78, 5) is 0. The highest BCUT2D eigenvalue weighted by Gasteiger charge is 2.12. The minimum Gasteiger partial charge on any atom is -0.0622 e. The van der Waals surface area contributed by atoms with Gasteiger partial charge in [-0.25, -0.2) is 0 Å². The third-order valence-corrected chi connectivity index (χ3v) is 3.50. The second-order valence-corrected chi connectivity index (χ2v) is 6.88. The Morgan fingerprint density at radius 1 is 0.667 bits per heavy atom. The lowest BCUT2D eigenvalue weighted by Gasteiger charge is -2.18. The molecular formula is C16H18Br2. The zero-order valence-electron chi connectivity index (χ0n) is 11.0. The van der Waals surface area contributed by atoms with Crippen LogP contribution >= 0.6 is 31.9 Å². The van der Waals surface area contributed by atoms with E-state index in [1.54, 1.807) is 0 Å². The van der Waals surface area contributed by atoms with Gasteiger partial charge in [0, 0.05) is 8.95 Å². The summed E-state index contributed by atoms with van der Waals surface area (Å²) >= 11 is 6.72. The van der Waals surface area contributed by atoms with E-state index in [-0.39, 0.29) is 5.41 Å². The largest absolute Gasteiger partial charge is 0.0622 e. The van der Waals surface area contributed by atoms with Crippen LogP contribution < -0.4 is 0 Å². The molecule has 0 aliphatic carbocycles. The Balaban J connectivity index is 0.000000199. The van der Waals surface area contributed by atoms with E-state index in [9.17, 15) is 0 Å². The third-order valence-electron chi connectivity index (χ3n) is 2.44. The lowest BCUT2D eigenvalue weighted by molar-refractivity contribution is 0.590. The molecule has 0 N–H and O–H groups in total. The molecule has 0 nitrogen and oxygen atoms in total. The highest BCUT2D eigenvalue weighted by atomic mass is 79.9. The van der Waals surface area contributed by atoms with Gasteiger partial charge in [0.25, 0.3) is 0 Å². The first kappa shape index (κ1) is 15.5. The molecule has 0 bridgehead atoms. The monoisotopic (exact) mass is 368 g/mol. The van der Waals surface area contributed by atoms with Gasteiger partial charge < -0.3 is 0 Å². The van der Waals surface area contributed by atoms with Crippen molar-refractivity contribution in [1.29, 1.82) is 0 Å². The van der Waals surface area contributed by atoms with E-state index in [2.05, 4.69) is 76.9 Å². The van der Waals surface area contributed by atoms with Crippen LogP contribution in [0.2, 0.25) is 0 Å². The van der Waals surface area contributed by atoms with Gasteiger partial charge in [-0.2, -0.15) is 0 Å². The molecule has 0 spiro atoms. The molecule has 18 heavy (non-hydrogen) atoms. The summed E-state index contributed by atoms with van der Waals surface area (Å²) in [5.74, 6) is 0. The Morgan fingerprint density at radius 3 is 1.44 bits per heavy atom. The van der Waals surface area contributed by atoms with Crippen molar-refractivity contribution < 1.29 is 0 Å². The second kappa shape index (κ2) is 7.10. The molecule has 0 saturated heterocycles. The van der Waals surface area contributed by atoms with Crippen molar-refractivity contribution >= 4 is 31.9 Å². The van der Waals surface area contributed by atoms with Crippen LogP contribution in [0.15, 0.2) is 63.5 Å². The van der Waals surface area contributed by atoms with E-state index < -0.39 is 0 Å². The van der Waals surface area contributed by atoms with E-state index in [1.165, 1.54) is 5.56 Å². The van der Waals surface area contributed by atoms with Crippen LogP contribution in [-0.2, 0) is 5.41 Å². The quantitative estimate of drug-likeness (QED) is 0.518. The van der Waals surface area contributed by atoms with Crippen molar-refractivity contribution in [3.63, 3.8) is 0 Å². The van der Waals surface area contributed by atoms with E-state index in [0.29, 0.717) is 0 Å². The Labute approximate surface area is 127 Å². The average molecular weight is 370 g/mol. The highest BCUT2D eigenvalue weighted by molar-refractivity contribution is 9.10. The van der Waals surface area contributed by atoms with Gasteiger partial charge in [-0.1, -0.05) is 83.0 Å². The first-order valence-electron chi connectivity index (χ1n) is 5.86. The summed E-state index contributed by atoms with van der Waals surface area (Å²) in [7, 11) is 0. The van der Waals surface area contributed by atoms with Crippen LogP contribution in [0.4, 0.5) is 0 Å². The number of rotatable bonds is 0. The molecule has 0 fully saturated rings.